The van der Waals surface area contributed by atoms with E-state index < -0.39 is 17.8 Å². The van der Waals surface area contributed by atoms with Crippen LogP contribution in [0.4, 0.5) is 11.4 Å². The molecule has 0 saturated carbocycles. The summed E-state index contributed by atoms with van der Waals surface area (Å²) < 4.78 is 4.59. The molecule has 2 aromatic rings. The zero-order valence-electron chi connectivity index (χ0n) is 13.1. The summed E-state index contributed by atoms with van der Waals surface area (Å²) in [6, 6.07) is 10.7. The fraction of sp³-hybridized carbons (Fsp3) is 0.118. The minimum atomic E-state index is -0.512. The van der Waals surface area contributed by atoms with Crippen LogP contribution in [0.3, 0.4) is 0 Å². The van der Waals surface area contributed by atoms with Crippen LogP contribution in [0.15, 0.2) is 42.5 Å². The SMILES string of the molecule is COC(=O)c1ccc(NC(=O)CC(=O)Nc2cc(Cl)cc(Cl)c2)cc1. The molecule has 25 heavy (non-hydrogen) atoms. The van der Waals surface area contributed by atoms with Crippen molar-refractivity contribution < 1.29 is 19.1 Å². The summed E-state index contributed by atoms with van der Waals surface area (Å²) in [4.78, 5) is 35.1. The van der Waals surface area contributed by atoms with Gasteiger partial charge in [-0.05, 0) is 42.5 Å². The van der Waals surface area contributed by atoms with Crippen LogP contribution in [-0.2, 0) is 14.3 Å². The van der Waals surface area contributed by atoms with Gasteiger partial charge in [0.15, 0.2) is 0 Å². The maximum absolute atomic E-state index is 11.9. The summed E-state index contributed by atoms with van der Waals surface area (Å²) >= 11 is 11.7. The number of halogens is 2. The van der Waals surface area contributed by atoms with Crippen LogP contribution in [0, 0.1) is 0 Å². The average Bonchev–Trinajstić information content (AvgIpc) is 2.53. The Morgan fingerprint density at radius 3 is 1.92 bits per heavy atom. The quantitative estimate of drug-likeness (QED) is 0.610. The number of benzene rings is 2. The van der Waals surface area contributed by atoms with Crippen molar-refractivity contribution in [3.8, 4) is 0 Å². The highest BCUT2D eigenvalue weighted by atomic mass is 35.5. The highest BCUT2D eigenvalue weighted by Gasteiger charge is 2.11. The lowest BCUT2D eigenvalue weighted by Gasteiger charge is -2.08. The van der Waals surface area contributed by atoms with Gasteiger partial charge in [0, 0.05) is 21.4 Å². The summed E-state index contributed by atoms with van der Waals surface area (Å²) in [5.74, 6) is -1.49. The number of carbonyl (C=O) groups excluding carboxylic acids is 3. The fourth-order valence-electron chi connectivity index (χ4n) is 1.99. The van der Waals surface area contributed by atoms with E-state index in [2.05, 4.69) is 15.4 Å². The molecule has 130 valence electrons. The van der Waals surface area contributed by atoms with Crippen LogP contribution < -0.4 is 10.6 Å². The molecule has 6 nitrogen and oxygen atoms in total. The van der Waals surface area contributed by atoms with E-state index in [4.69, 9.17) is 23.2 Å². The van der Waals surface area contributed by atoms with Gasteiger partial charge in [-0.3, -0.25) is 9.59 Å². The second-order valence-corrected chi connectivity index (χ2v) is 5.87. The maximum atomic E-state index is 11.9. The largest absolute Gasteiger partial charge is 0.465 e. The molecular weight excluding hydrogens is 367 g/mol. The molecule has 0 aliphatic heterocycles. The summed E-state index contributed by atoms with van der Waals surface area (Å²) in [5, 5.41) is 5.85. The van der Waals surface area contributed by atoms with Gasteiger partial charge in [-0.2, -0.15) is 0 Å². The van der Waals surface area contributed by atoms with Gasteiger partial charge in [-0.15, -0.1) is 0 Å². The summed E-state index contributed by atoms with van der Waals surface area (Å²) in [6.45, 7) is 0. The standard InChI is InChI=1S/C17H14Cl2N2O4/c1-25-17(24)10-2-4-13(5-3-10)20-15(22)9-16(23)21-14-7-11(18)6-12(19)8-14/h2-8H,9H2,1H3,(H,20,22)(H,21,23). The van der Waals surface area contributed by atoms with E-state index in [-0.39, 0.29) is 6.42 Å². The van der Waals surface area contributed by atoms with Crippen molar-refractivity contribution in [3.05, 3.63) is 58.1 Å². The van der Waals surface area contributed by atoms with E-state index >= 15 is 0 Å². The predicted octanol–water partition coefficient (Wildman–Crippen LogP) is 3.75. The lowest BCUT2D eigenvalue weighted by molar-refractivity contribution is -0.123. The molecular formula is C17H14Cl2N2O4. The number of hydrogen-bond acceptors (Lipinski definition) is 4. The minimum absolute atomic E-state index is 0.357. The molecule has 0 radical (unpaired) electrons. The molecule has 0 fully saturated rings. The highest BCUT2D eigenvalue weighted by Crippen LogP contribution is 2.22. The molecule has 0 aliphatic carbocycles. The monoisotopic (exact) mass is 380 g/mol. The van der Waals surface area contributed by atoms with E-state index in [1.807, 2.05) is 0 Å². The number of esters is 1. The number of nitrogens with one attached hydrogen (secondary N) is 2. The maximum Gasteiger partial charge on any atom is 0.337 e. The number of methoxy groups -OCH3 is 1. The summed E-state index contributed by atoms with van der Waals surface area (Å²) in [7, 11) is 1.28. The fourth-order valence-corrected chi connectivity index (χ4v) is 2.52. The molecule has 0 unspecified atom stereocenters. The van der Waals surface area contributed by atoms with Crippen LogP contribution in [0.5, 0.6) is 0 Å². The zero-order chi connectivity index (χ0) is 18.4. The van der Waals surface area contributed by atoms with E-state index in [0.717, 1.165) is 0 Å². The smallest absolute Gasteiger partial charge is 0.337 e. The van der Waals surface area contributed by atoms with E-state index in [1.165, 1.54) is 37.4 Å². The molecule has 0 spiro atoms. The van der Waals surface area contributed by atoms with Crippen molar-refractivity contribution >= 4 is 52.4 Å². The number of ether oxygens (including phenoxy) is 1. The van der Waals surface area contributed by atoms with Crippen LogP contribution >= 0.6 is 23.2 Å². The Kier molecular flexibility index (Phi) is 6.38. The van der Waals surface area contributed by atoms with Crippen molar-refractivity contribution in [2.24, 2.45) is 0 Å². The highest BCUT2D eigenvalue weighted by molar-refractivity contribution is 6.35. The first-order valence-corrected chi connectivity index (χ1v) is 7.87. The molecule has 0 bridgehead atoms. The van der Waals surface area contributed by atoms with Crippen molar-refractivity contribution in [1.29, 1.82) is 0 Å². The number of anilines is 2. The van der Waals surface area contributed by atoms with Gasteiger partial charge < -0.3 is 15.4 Å². The Labute approximate surface area is 154 Å². The molecule has 2 amide bonds. The van der Waals surface area contributed by atoms with Gasteiger partial charge in [-0.25, -0.2) is 4.79 Å². The van der Waals surface area contributed by atoms with Gasteiger partial charge in [0.05, 0.1) is 12.7 Å². The first kappa shape index (κ1) is 18.8. The van der Waals surface area contributed by atoms with Gasteiger partial charge in [-0.1, -0.05) is 23.2 Å². The van der Waals surface area contributed by atoms with Gasteiger partial charge >= 0.3 is 5.97 Å². The number of rotatable bonds is 5. The lowest BCUT2D eigenvalue weighted by atomic mass is 10.2. The third-order valence-electron chi connectivity index (χ3n) is 3.06. The average molecular weight is 381 g/mol. The summed E-state index contributed by atoms with van der Waals surface area (Å²) in [5.41, 5.74) is 1.21. The predicted molar refractivity (Wildman–Crippen MR) is 96.1 cm³/mol. The van der Waals surface area contributed by atoms with Crippen LogP contribution in [-0.4, -0.2) is 24.9 Å². The molecule has 0 aliphatic rings. The zero-order valence-corrected chi connectivity index (χ0v) is 14.6. The molecule has 2 N–H and O–H groups in total. The van der Waals surface area contributed by atoms with Crippen molar-refractivity contribution in [1.82, 2.24) is 0 Å². The molecule has 0 heterocycles. The van der Waals surface area contributed by atoms with Gasteiger partial charge in [0.1, 0.15) is 6.42 Å². The number of hydrogen-bond donors (Lipinski definition) is 2. The molecule has 2 rings (SSSR count). The van der Waals surface area contributed by atoms with E-state index in [9.17, 15) is 14.4 Å². The third-order valence-corrected chi connectivity index (χ3v) is 3.49. The number of amides is 2. The lowest BCUT2D eigenvalue weighted by Crippen LogP contribution is -2.21. The molecule has 0 aromatic heterocycles. The normalized spacial score (nSPS) is 10.0. The first-order valence-electron chi connectivity index (χ1n) is 7.11. The van der Waals surface area contributed by atoms with Crippen LogP contribution in [0.2, 0.25) is 10.0 Å². The molecule has 0 saturated heterocycles. The Hall–Kier alpha value is -2.57. The third kappa shape index (κ3) is 5.77. The van der Waals surface area contributed by atoms with Crippen molar-refractivity contribution in [2.75, 3.05) is 17.7 Å². The van der Waals surface area contributed by atoms with E-state index in [1.54, 1.807) is 12.1 Å². The Balaban J connectivity index is 1.91. The first-order chi connectivity index (χ1) is 11.9. The number of carbonyl (C=O) groups is 3. The second kappa shape index (κ2) is 8.50. The summed E-state index contributed by atoms with van der Waals surface area (Å²) in [6.07, 6.45) is -0.386. The van der Waals surface area contributed by atoms with Crippen molar-refractivity contribution in [2.45, 2.75) is 6.42 Å². The van der Waals surface area contributed by atoms with Crippen LogP contribution in [0.1, 0.15) is 16.8 Å². The van der Waals surface area contributed by atoms with Gasteiger partial charge in [0.25, 0.3) is 0 Å². The minimum Gasteiger partial charge on any atom is -0.465 e. The molecule has 0 atom stereocenters. The Morgan fingerprint density at radius 1 is 0.880 bits per heavy atom. The van der Waals surface area contributed by atoms with Gasteiger partial charge in [0.2, 0.25) is 11.8 Å². The van der Waals surface area contributed by atoms with Crippen molar-refractivity contribution in [3.63, 3.8) is 0 Å². The topological polar surface area (TPSA) is 84.5 Å². The van der Waals surface area contributed by atoms with Crippen LogP contribution in [0.25, 0.3) is 0 Å². The Morgan fingerprint density at radius 2 is 1.40 bits per heavy atom. The molecule has 2 aromatic carbocycles. The second-order valence-electron chi connectivity index (χ2n) is 5.00. The van der Waals surface area contributed by atoms with E-state index in [0.29, 0.717) is 27.0 Å². The molecule has 8 heteroatoms. The Bertz CT molecular complexity index is 787.